The molecule has 0 atom stereocenters. The molecule has 0 saturated heterocycles. The number of benzene rings is 10. The molecule has 0 fully saturated rings. The van der Waals surface area contributed by atoms with Gasteiger partial charge in [0, 0.05) is 38.2 Å². The van der Waals surface area contributed by atoms with Gasteiger partial charge in [0.15, 0.2) is 25.2 Å². The lowest BCUT2D eigenvalue weighted by Gasteiger charge is -2.34. The van der Waals surface area contributed by atoms with E-state index in [0.717, 1.165) is 54.6 Å². The van der Waals surface area contributed by atoms with E-state index >= 15 is 0 Å². The molecule has 0 aliphatic carbocycles. The van der Waals surface area contributed by atoms with E-state index in [-0.39, 0.29) is 0 Å². The first kappa shape index (κ1) is 39.6. The molecule has 0 saturated carbocycles. The Hall–Kier alpha value is -8.77. The Morgan fingerprint density at radius 2 is 0.765 bits per heavy atom. The fraction of sp³-hybridized carbons (Fsp3) is 0. The lowest BCUT2D eigenvalue weighted by molar-refractivity contribution is 1.18. The van der Waals surface area contributed by atoms with Gasteiger partial charge >= 0.3 is 0 Å². The third-order valence-electron chi connectivity index (χ3n) is 13.7. The van der Waals surface area contributed by atoms with Crippen LogP contribution in [-0.2, 0) is 0 Å². The Kier molecular flexibility index (Phi) is 9.48. The summed E-state index contributed by atoms with van der Waals surface area (Å²) < 4.78 is 2.45. The van der Waals surface area contributed by atoms with Gasteiger partial charge < -0.3 is 4.57 Å². The lowest BCUT2D eigenvalue weighted by atomic mass is 9.99. The molecular formula is C63H42N4Si. The second-order valence-corrected chi connectivity index (χ2v) is 21.3. The molecular weight excluding hydrogens is 841 g/mol. The predicted octanol–water partition coefficient (Wildman–Crippen LogP) is 12.9. The van der Waals surface area contributed by atoms with Gasteiger partial charge in [0.05, 0.1) is 11.0 Å². The summed E-state index contributed by atoms with van der Waals surface area (Å²) in [7, 11) is -2.84. The molecule has 0 N–H and O–H groups in total. The minimum absolute atomic E-state index is 0.632. The van der Waals surface area contributed by atoms with Crippen LogP contribution in [0, 0.1) is 0 Å². The molecule has 0 aliphatic rings. The topological polar surface area (TPSA) is 43.6 Å². The molecule has 0 unspecified atom stereocenters. The number of rotatable bonds is 7. The second kappa shape index (κ2) is 16.3. The molecule has 4 bridgehead atoms. The number of para-hydroxylation sites is 1. The highest BCUT2D eigenvalue weighted by atomic mass is 28.3. The van der Waals surface area contributed by atoms with Crippen molar-refractivity contribution in [2.24, 2.45) is 0 Å². The first-order valence-electron chi connectivity index (χ1n) is 23.2. The minimum Gasteiger partial charge on any atom is -0.309 e. The first-order chi connectivity index (χ1) is 33.7. The summed E-state index contributed by atoms with van der Waals surface area (Å²) in [5.74, 6) is 0.634. The van der Waals surface area contributed by atoms with Crippen molar-refractivity contribution in [3.63, 3.8) is 0 Å². The van der Waals surface area contributed by atoms with Crippen molar-refractivity contribution in [2.75, 3.05) is 0 Å². The Morgan fingerprint density at radius 1 is 0.294 bits per heavy atom. The summed E-state index contributed by atoms with van der Waals surface area (Å²) in [6.07, 6.45) is 0. The molecule has 5 heteroatoms. The average molecular weight is 883 g/mol. The number of fused-ring (bicyclic) bond motifs is 14. The zero-order valence-corrected chi connectivity index (χ0v) is 38.0. The van der Waals surface area contributed by atoms with Crippen LogP contribution in [-0.4, -0.2) is 27.6 Å². The molecule has 68 heavy (non-hydrogen) atoms. The SMILES string of the molecule is c1ccc(-c2ccc3c4cc5cc(c6ccccc6c6nc(-c7cccc([Si](c8ccccc8)(c8ccccc8)c8ccccc8)c7)nc(n6)c6ccccc56)c4n(-c4ccccc4)c3c2)cc1. The quantitative estimate of drug-likeness (QED) is 0.118. The molecule has 10 aromatic carbocycles. The maximum absolute atomic E-state index is 5.48. The Labute approximate surface area is 394 Å². The fourth-order valence-electron chi connectivity index (χ4n) is 10.7. The van der Waals surface area contributed by atoms with E-state index in [9.17, 15) is 0 Å². The summed E-state index contributed by atoms with van der Waals surface area (Å²) in [4.78, 5) is 16.3. The van der Waals surface area contributed by atoms with Crippen LogP contribution in [0.15, 0.2) is 255 Å². The van der Waals surface area contributed by atoms with E-state index in [1.165, 1.54) is 42.6 Å². The molecule has 318 valence electrons. The van der Waals surface area contributed by atoms with Crippen molar-refractivity contribution in [1.82, 2.24) is 19.5 Å². The number of hydrogen-bond donors (Lipinski definition) is 0. The van der Waals surface area contributed by atoms with Crippen molar-refractivity contribution in [3.8, 4) is 28.2 Å². The smallest absolute Gasteiger partial charge is 0.179 e. The zero-order valence-electron chi connectivity index (χ0n) is 37.0. The maximum Gasteiger partial charge on any atom is 0.179 e. The van der Waals surface area contributed by atoms with Gasteiger partial charge in [0.1, 0.15) is 0 Å². The van der Waals surface area contributed by atoms with Crippen LogP contribution in [0.3, 0.4) is 0 Å². The first-order valence-corrected chi connectivity index (χ1v) is 25.2. The number of hydrogen-bond acceptors (Lipinski definition) is 3. The average Bonchev–Trinajstić information content (AvgIpc) is 3.75. The highest BCUT2D eigenvalue weighted by molar-refractivity contribution is 7.19. The summed E-state index contributed by atoms with van der Waals surface area (Å²) in [6, 6.07) is 92.4. The molecule has 3 aromatic heterocycles. The van der Waals surface area contributed by atoms with Gasteiger partial charge in [-0.1, -0.05) is 224 Å². The normalized spacial score (nSPS) is 11.8. The van der Waals surface area contributed by atoms with Crippen LogP contribution in [0.2, 0.25) is 0 Å². The highest BCUT2D eigenvalue weighted by Crippen LogP contribution is 2.41. The Morgan fingerprint density at radius 3 is 1.37 bits per heavy atom. The Balaban J connectivity index is 1.14. The molecule has 0 aliphatic heterocycles. The van der Waals surface area contributed by atoms with Crippen LogP contribution in [0.25, 0.3) is 93.6 Å². The lowest BCUT2D eigenvalue weighted by Crippen LogP contribution is -2.74. The summed E-state index contributed by atoms with van der Waals surface area (Å²) in [5, 5.41) is 13.8. The number of nitrogens with zero attached hydrogens (tertiary/aromatic N) is 4. The molecule has 0 amide bonds. The van der Waals surface area contributed by atoms with E-state index in [1.807, 2.05) is 0 Å². The van der Waals surface area contributed by atoms with E-state index in [4.69, 9.17) is 15.0 Å². The third kappa shape index (κ3) is 6.39. The maximum atomic E-state index is 5.48. The van der Waals surface area contributed by atoms with Crippen molar-refractivity contribution in [1.29, 1.82) is 0 Å². The van der Waals surface area contributed by atoms with Crippen LogP contribution < -0.4 is 20.7 Å². The van der Waals surface area contributed by atoms with Crippen LogP contribution >= 0.6 is 0 Å². The van der Waals surface area contributed by atoms with Gasteiger partial charge in [-0.15, -0.1) is 0 Å². The summed E-state index contributed by atoms with van der Waals surface area (Å²) in [5.41, 5.74) is 7.95. The van der Waals surface area contributed by atoms with Crippen LogP contribution in [0.4, 0.5) is 0 Å². The summed E-state index contributed by atoms with van der Waals surface area (Å²) in [6.45, 7) is 0. The molecule has 13 aromatic rings. The monoisotopic (exact) mass is 882 g/mol. The highest BCUT2D eigenvalue weighted by Gasteiger charge is 2.41. The Bertz CT molecular complexity index is 3970. The van der Waals surface area contributed by atoms with Gasteiger partial charge in [-0.2, -0.15) is 0 Å². The van der Waals surface area contributed by atoms with E-state index in [1.54, 1.807) is 0 Å². The van der Waals surface area contributed by atoms with E-state index < -0.39 is 8.07 Å². The van der Waals surface area contributed by atoms with Gasteiger partial charge in [0.25, 0.3) is 0 Å². The third-order valence-corrected chi connectivity index (χ3v) is 18.5. The molecule has 13 rings (SSSR count). The molecule has 4 nitrogen and oxygen atoms in total. The van der Waals surface area contributed by atoms with Crippen molar-refractivity contribution in [3.05, 3.63) is 255 Å². The molecule has 0 spiro atoms. The van der Waals surface area contributed by atoms with Gasteiger partial charge in [-0.25, -0.2) is 15.0 Å². The fourth-order valence-corrected chi connectivity index (χ4v) is 15.5. The van der Waals surface area contributed by atoms with Crippen LogP contribution in [0.5, 0.6) is 0 Å². The number of aromatic nitrogens is 4. The van der Waals surface area contributed by atoms with Gasteiger partial charge in [0.2, 0.25) is 0 Å². The van der Waals surface area contributed by atoms with E-state index in [2.05, 4.69) is 259 Å². The zero-order chi connectivity index (χ0) is 45.0. The van der Waals surface area contributed by atoms with Gasteiger partial charge in [-0.05, 0) is 78.4 Å². The van der Waals surface area contributed by atoms with Gasteiger partial charge in [-0.3, -0.25) is 0 Å². The van der Waals surface area contributed by atoms with E-state index in [0.29, 0.717) is 17.1 Å². The van der Waals surface area contributed by atoms with Crippen LogP contribution in [0.1, 0.15) is 0 Å². The molecule has 0 radical (unpaired) electrons. The largest absolute Gasteiger partial charge is 0.309 e. The van der Waals surface area contributed by atoms with Crippen molar-refractivity contribution in [2.45, 2.75) is 0 Å². The predicted molar refractivity (Wildman–Crippen MR) is 287 cm³/mol. The summed E-state index contributed by atoms with van der Waals surface area (Å²) >= 11 is 0. The second-order valence-electron chi connectivity index (χ2n) is 17.5. The standard InChI is InChI=1S/C63H42N4Si/c1-6-21-43(22-7-1)44-37-38-54-58-41-46-40-57(60(58)67(59(54)42-44)47-24-8-2-9-25-47)53-34-17-19-36-56(53)63-65-61(64-62(66-63)55-35-18-16-33-52(46)55)45-23-20-32-51(39-45)68(48-26-10-3-11-27-48,49-28-12-4-13-29-49)50-30-14-5-15-31-50/h1-42H. The minimum atomic E-state index is -2.84. The van der Waals surface area contributed by atoms with Crippen molar-refractivity contribution >= 4 is 94.2 Å². The van der Waals surface area contributed by atoms with Crippen molar-refractivity contribution < 1.29 is 0 Å². The molecule has 3 heterocycles.